The third-order valence-corrected chi connectivity index (χ3v) is 2.91. The Balaban J connectivity index is 2.41. The van der Waals surface area contributed by atoms with E-state index in [4.69, 9.17) is 4.74 Å². The molecule has 2 rings (SSSR count). The maximum Gasteiger partial charge on any atom is 0.326 e. The number of rotatable bonds is 2. The lowest BCUT2D eigenvalue weighted by atomic mass is 10.1. The van der Waals surface area contributed by atoms with Crippen molar-refractivity contribution in [1.82, 2.24) is 10.6 Å². The standard InChI is InChI=1S/C11H9BrN2O4/c1-18-8-4-5(2-6(12)9(8)15)3-7-10(16)14-11(17)13-7/h2-4,15H,1H3,(H2,13,14,16,17)/b7-3-. The van der Waals surface area contributed by atoms with Crippen LogP contribution in [0.4, 0.5) is 4.79 Å². The zero-order valence-corrected chi connectivity index (χ0v) is 10.9. The summed E-state index contributed by atoms with van der Waals surface area (Å²) in [7, 11) is 1.42. The maximum atomic E-state index is 11.3. The van der Waals surface area contributed by atoms with Crippen LogP contribution in [0.1, 0.15) is 5.56 Å². The zero-order valence-electron chi connectivity index (χ0n) is 9.28. The smallest absolute Gasteiger partial charge is 0.326 e. The van der Waals surface area contributed by atoms with Gasteiger partial charge in [0.05, 0.1) is 11.6 Å². The molecule has 1 aliphatic rings. The summed E-state index contributed by atoms with van der Waals surface area (Å²) in [5.41, 5.74) is 0.739. The highest BCUT2D eigenvalue weighted by molar-refractivity contribution is 9.10. The van der Waals surface area contributed by atoms with E-state index in [0.717, 1.165) is 0 Å². The second kappa shape index (κ2) is 4.69. The van der Waals surface area contributed by atoms with Gasteiger partial charge in [0.1, 0.15) is 5.70 Å². The van der Waals surface area contributed by atoms with Crippen molar-refractivity contribution in [3.05, 3.63) is 27.9 Å². The monoisotopic (exact) mass is 312 g/mol. The lowest BCUT2D eigenvalue weighted by Gasteiger charge is -2.06. The van der Waals surface area contributed by atoms with Gasteiger partial charge in [0.2, 0.25) is 0 Å². The van der Waals surface area contributed by atoms with Gasteiger partial charge in [-0.25, -0.2) is 4.79 Å². The van der Waals surface area contributed by atoms with E-state index >= 15 is 0 Å². The van der Waals surface area contributed by atoms with Crippen LogP contribution in [0.3, 0.4) is 0 Å². The number of phenols is 1. The molecule has 18 heavy (non-hydrogen) atoms. The quantitative estimate of drug-likeness (QED) is 0.568. The highest BCUT2D eigenvalue weighted by atomic mass is 79.9. The number of ether oxygens (including phenoxy) is 1. The van der Waals surface area contributed by atoms with E-state index in [1.165, 1.54) is 13.2 Å². The molecule has 0 radical (unpaired) electrons. The molecule has 3 amide bonds. The van der Waals surface area contributed by atoms with Crippen LogP contribution in [-0.2, 0) is 4.79 Å². The molecule has 7 heteroatoms. The van der Waals surface area contributed by atoms with Gasteiger partial charge in [-0.05, 0) is 39.7 Å². The molecule has 1 aliphatic heterocycles. The number of carbonyl (C=O) groups is 2. The summed E-state index contributed by atoms with van der Waals surface area (Å²) in [4.78, 5) is 22.3. The van der Waals surface area contributed by atoms with Crippen LogP contribution in [0.15, 0.2) is 22.3 Å². The van der Waals surface area contributed by atoms with Crippen LogP contribution < -0.4 is 15.4 Å². The first-order valence-corrected chi connectivity index (χ1v) is 5.71. The summed E-state index contributed by atoms with van der Waals surface area (Å²) in [6.45, 7) is 0. The number of phenolic OH excluding ortho intramolecular Hbond substituents is 1. The number of hydrogen-bond acceptors (Lipinski definition) is 4. The summed E-state index contributed by atoms with van der Waals surface area (Å²) < 4.78 is 5.41. The molecule has 94 valence electrons. The number of nitrogens with one attached hydrogen (secondary N) is 2. The molecule has 0 aliphatic carbocycles. The minimum Gasteiger partial charge on any atom is -0.503 e. The molecule has 1 heterocycles. The summed E-state index contributed by atoms with van der Waals surface area (Å²) >= 11 is 3.17. The molecule has 1 aromatic rings. The normalized spacial score (nSPS) is 16.7. The second-order valence-electron chi connectivity index (χ2n) is 3.52. The SMILES string of the molecule is COc1cc(/C=C2\NC(=O)NC2=O)cc(Br)c1O. The highest BCUT2D eigenvalue weighted by Crippen LogP contribution is 2.35. The number of amides is 3. The van der Waals surface area contributed by atoms with Crippen LogP contribution in [-0.4, -0.2) is 24.2 Å². The van der Waals surface area contributed by atoms with E-state index in [-0.39, 0.29) is 17.2 Å². The fourth-order valence-corrected chi connectivity index (χ4v) is 1.94. The molecule has 1 aromatic carbocycles. The first kappa shape index (κ1) is 12.4. The van der Waals surface area contributed by atoms with Crippen LogP contribution >= 0.6 is 15.9 Å². The van der Waals surface area contributed by atoms with E-state index in [9.17, 15) is 14.7 Å². The van der Waals surface area contributed by atoms with Gasteiger partial charge in [-0.15, -0.1) is 0 Å². The van der Waals surface area contributed by atoms with Gasteiger partial charge in [-0.2, -0.15) is 0 Å². The Hall–Kier alpha value is -2.02. The number of imide groups is 1. The van der Waals surface area contributed by atoms with Crippen molar-refractivity contribution < 1.29 is 19.4 Å². The van der Waals surface area contributed by atoms with Crippen molar-refractivity contribution in [3.63, 3.8) is 0 Å². The molecule has 0 bridgehead atoms. The first-order chi connectivity index (χ1) is 8.51. The zero-order chi connectivity index (χ0) is 13.3. The number of aromatic hydroxyl groups is 1. The van der Waals surface area contributed by atoms with Gasteiger partial charge < -0.3 is 15.2 Å². The molecule has 0 aromatic heterocycles. The molecular formula is C11H9BrN2O4. The van der Waals surface area contributed by atoms with Crippen molar-refractivity contribution in [2.75, 3.05) is 7.11 Å². The van der Waals surface area contributed by atoms with Crippen LogP contribution in [0.25, 0.3) is 6.08 Å². The van der Waals surface area contributed by atoms with Gasteiger partial charge in [0.25, 0.3) is 5.91 Å². The minimum absolute atomic E-state index is 0.0282. The maximum absolute atomic E-state index is 11.3. The van der Waals surface area contributed by atoms with E-state index in [2.05, 4.69) is 26.6 Å². The molecular weight excluding hydrogens is 304 g/mol. The van der Waals surface area contributed by atoms with Crippen molar-refractivity contribution >= 4 is 33.9 Å². The largest absolute Gasteiger partial charge is 0.503 e. The minimum atomic E-state index is -0.559. The number of benzene rings is 1. The Kier molecular flexibility index (Phi) is 3.24. The van der Waals surface area contributed by atoms with Crippen LogP contribution in [0, 0.1) is 0 Å². The Labute approximate surface area is 111 Å². The predicted octanol–water partition coefficient (Wildman–Crippen LogP) is 1.34. The first-order valence-electron chi connectivity index (χ1n) is 4.92. The number of halogens is 1. The summed E-state index contributed by atoms with van der Waals surface area (Å²) in [5.74, 6) is -0.260. The van der Waals surface area contributed by atoms with Crippen molar-refractivity contribution in [2.24, 2.45) is 0 Å². The molecule has 0 saturated carbocycles. The molecule has 6 nitrogen and oxygen atoms in total. The summed E-state index contributed by atoms with van der Waals surface area (Å²) in [6.07, 6.45) is 1.48. The Morgan fingerprint density at radius 3 is 2.61 bits per heavy atom. The van der Waals surface area contributed by atoms with Gasteiger partial charge in [-0.3, -0.25) is 10.1 Å². The molecule has 1 fully saturated rings. The Bertz CT molecular complexity index is 568. The molecule has 0 unspecified atom stereocenters. The average molecular weight is 313 g/mol. The highest BCUT2D eigenvalue weighted by Gasteiger charge is 2.23. The second-order valence-corrected chi connectivity index (χ2v) is 4.37. The van der Waals surface area contributed by atoms with Gasteiger partial charge >= 0.3 is 6.03 Å². The number of hydrogen-bond donors (Lipinski definition) is 3. The van der Waals surface area contributed by atoms with E-state index in [1.54, 1.807) is 12.1 Å². The van der Waals surface area contributed by atoms with E-state index in [0.29, 0.717) is 10.0 Å². The number of carbonyl (C=O) groups excluding carboxylic acids is 2. The third kappa shape index (κ3) is 2.30. The number of methoxy groups -OCH3 is 1. The van der Waals surface area contributed by atoms with E-state index in [1.807, 2.05) is 0 Å². The van der Waals surface area contributed by atoms with Gasteiger partial charge in [0.15, 0.2) is 11.5 Å². The van der Waals surface area contributed by atoms with E-state index < -0.39 is 11.9 Å². The molecule has 3 N–H and O–H groups in total. The summed E-state index contributed by atoms with van der Waals surface area (Å²) in [6, 6.07) is 2.59. The Morgan fingerprint density at radius 2 is 2.06 bits per heavy atom. The van der Waals surface area contributed by atoms with Crippen molar-refractivity contribution in [3.8, 4) is 11.5 Å². The fraction of sp³-hybridized carbons (Fsp3) is 0.0909. The van der Waals surface area contributed by atoms with Gasteiger partial charge in [0, 0.05) is 0 Å². The van der Waals surface area contributed by atoms with Gasteiger partial charge in [-0.1, -0.05) is 0 Å². The Morgan fingerprint density at radius 1 is 1.33 bits per heavy atom. The lowest BCUT2D eigenvalue weighted by Crippen LogP contribution is -2.22. The van der Waals surface area contributed by atoms with Crippen molar-refractivity contribution in [2.45, 2.75) is 0 Å². The number of urea groups is 1. The van der Waals surface area contributed by atoms with Crippen LogP contribution in [0.5, 0.6) is 11.5 Å². The molecule has 0 atom stereocenters. The average Bonchev–Trinajstić information content (AvgIpc) is 2.62. The lowest BCUT2D eigenvalue weighted by molar-refractivity contribution is -0.115. The summed E-state index contributed by atoms with van der Waals surface area (Å²) in [5, 5.41) is 14.1. The fourth-order valence-electron chi connectivity index (χ4n) is 1.48. The topological polar surface area (TPSA) is 87.7 Å². The van der Waals surface area contributed by atoms with Crippen LogP contribution in [0.2, 0.25) is 0 Å². The molecule has 1 saturated heterocycles. The molecule has 0 spiro atoms. The third-order valence-electron chi connectivity index (χ3n) is 2.30. The van der Waals surface area contributed by atoms with Crippen molar-refractivity contribution in [1.29, 1.82) is 0 Å². The predicted molar refractivity (Wildman–Crippen MR) is 67.0 cm³/mol.